The Bertz CT molecular complexity index is 1650. The Balaban J connectivity index is 1.92. The first-order chi connectivity index (χ1) is 18.1. The molecule has 8 nitrogen and oxygen atoms in total. The summed E-state index contributed by atoms with van der Waals surface area (Å²) in [6.45, 7) is 11.3. The van der Waals surface area contributed by atoms with Gasteiger partial charge in [-0.3, -0.25) is 9.55 Å². The van der Waals surface area contributed by atoms with Gasteiger partial charge in [0, 0.05) is 58.6 Å². The van der Waals surface area contributed by atoms with Crippen LogP contribution in [0.15, 0.2) is 87.1 Å². The van der Waals surface area contributed by atoms with Crippen LogP contribution < -0.4 is 10.3 Å². The summed E-state index contributed by atoms with van der Waals surface area (Å²) in [4.78, 5) is 18.1. The number of hydrogen-bond acceptors (Lipinski definition) is 7. The van der Waals surface area contributed by atoms with Gasteiger partial charge in [-0.15, -0.1) is 0 Å². The van der Waals surface area contributed by atoms with E-state index in [-0.39, 0.29) is 18.0 Å². The molecule has 1 aliphatic carbocycles. The highest BCUT2D eigenvalue weighted by atomic mass is 32.2. The number of carbonyl (C=O) groups is 1. The van der Waals surface area contributed by atoms with Crippen LogP contribution in [0.4, 0.5) is 5.69 Å². The number of hydrogen-bond donors (Lipinski definition) is 1. The van der Waals surface area contributed by atoms with Crippen LogP contribution in [0.3, 0.4) is 0 Å². The van der Waals surface area contributed by atoms with Gasteiger partial charge >= 0.3 is 5.97 Å². The lowest BCUT2D eigenvalue weighted by Gasteiger charge is -2.22. The predicted octanol–water partition coefficient (Wildman–Crippen LogP) is 5.32. The molecule has 1 N–H and O–H groups in total. The zero-order valence-electron chi connectivity index (χ0n) is 21.6. The molecule has 2 aromatic rings. The van der Waals surface area contributed by atoms with Gasteiger partial charge in [-0.1, -0.05) is 24.8 Å². The first-order valence-corrected chi connectivity index (χ1v) is 13.7. The molecule has 2 aromatic carbocycles. The van der Waals surface area contributed by atoms with Crippen molar-refractivity contribution in [1.82, 2.24) is 0 Å². The van der Waals surface area contributed by atoms with Crippen molar-refractivity contribution in [2.24, 2.45) is 4.99 Å². The molecule has 0 saturated heterocycles. The molecule has 0 radical (unpaired) electrons. The van der Waals surface area contributed by atoms with Crippen LogP contribution in [0.5, 0.6) is 0 Å². The number of benzene rings is 3. The molecule has 0 aromatic heterocycles. The Labute approximate surface area is 222 Å². The van der Waals surface area contributed by atoms with E-state index in [2.05, 4.69) is 30.3 Å². The molecule has 4 rings (SSSR count). The van der Waals surface area contributed by atoms with E-state index in [0.29, 0.717) is 44.4 Å². The Morgan fingerprint density at radius 2 is 1.79 bits per heavy atom. The quantitative estimate of drug-likeness (QED) is 0.102. The summed E-state index contributed by atoms with van der Waals surface area (Å²) in [6, 6.07) is 17.5. The summed E-state index contributed by atoms with van der Waals surface area (Å²) < 4.78 is 46.0. The summed E-state index contributed by atoms with van der Waals surface area (Å²) in [7, 11) is -4.49. The van der Waals surface area contributed by atoms with Gasteiger partial charge in [-0.25, -0.2) is 4.79 Å². The SMILES string of the molecule is C=C(C)C(=O)OCC/N=c1\ccc2c(-c3ccccc3S(=O)(=O)O)c3ccc(N(CC)CC)cc3oc-2c1. The summed E-state index contributed by atoms with van der Waals surface area (Å²) in [5.74, 6) is 0.0286. The predicted molar refractivity (Wildman–Crippen MR) is 148 cm³/mol. The second-order valence-electron chi connectivity index (χ2n) is 8.78. The fourth-order valence-corrected chi connectivity index (χ4v) is 5.07. The fourth-order valence-electron chi connectivity index (χ4n) is 4.38. The van der Waals surface area contributed by atoms with Crippen molar-refractivity contribution in [3.63, 3.8) is 0 Å². The van der Waals surface area contributed by atoms with Gasteiger partial charge in [-0.2, -0.15) is 8.42 Å². The Morgan fingerprint density at radius 3 is 2.47 bits per heavy atom. The first-order valence-electron chi connectivity index (χ1n) is 12.3. The van der Waals surface area contributed by atoms with E-state index in [9.17, 15) is 17.8 Å². The van der Waals surface area contributed by atoms with Crippen LogP contribution in [0, 0.1) is 0 Å². The third-order valence-electron chi connectivity index (χ3n) is 6.22. The van der Waals surface area contributed by atoms with Gasteiger partial charge in [0.25, 0.3) is 10.1 Å². The standard InChI is InChI=1S/C29H30N2O6S/c1-5-31(6-2)21-12-14-23-26(18-21)37-25-17-20(30-15-16-36-29(32)19(3)4)11-13-22(25)28(23)24-9-7-8-10-27(24)38(33,34)35/h7-14,17-18H,3,5-6,15-16H2,1-2,4H3,(H,33,34,35)/b30-20+. The van der Waals surface area contributed by atoms with Crippen molar-refractivity contribution in [1.29, 1.82) is 0 Å². The molecule has 0 saturated carbocycles. The van der Waals surface area contributed by atoms with Crippen LogP contribution >= 0.6 is 0 Å². The lowest BCUT2D eigenvalue weighted by molar-refractivity contribution is -0.138. The number of anilines is 1. The topological polar surface area (TPSA) is 109 Å². The number of esters is 1. The summed E-state index contributed by atoms with van der Waals surface area (Å²) in [6.07, 6.45) is 0. The van der Waals surface area contributed by atoms with Crippen LogP contribution in [-0.2, 0) is 19.6 Å². The number of carbonyl (C=O) groups excluding carboxylic acids is 1. The molecule has 38 heavy (non-hydrogen) atoms. The molecule has 0 unspecified atom stereocenters. The van der Waals surface area contributed by atoms with E-state index in [4.69, 9.17) is 9.15 Å². The average molecular weight is 535 g/mol. The zero-order chi connectivity index (χ0) is 27.4. The molecule has 0 amide bonds. The highest BCUT2D eigenvalue weighted by Crippen LogP contribution is 2.42. The maximum Gasteiger partial charge on any atom is 0.333 e. The van der Waals surface area contributed by atoms with E-state index in [1.165, 1.54) is 6.07 Å². The van der Waals surface area contributed by atoms with Crippen molar-refractivity contribution >= 4 is 32.7 Å². The molecule has 198 valence electrons. The van der Waals surface area contributed by atoms with E-state index >= 15 is 0 Å². The van der Waals surface area contributed by atoms with Crippen molar-refractivity contribution in [2.45, 2.75) is 25.7 Å². The minimum absolute atomic E-state index is 0.110. The highest BCUT2D eigenvalue weighted by Gasteiger charge is 2.23. The molecule has 1 heterocycles. The Hall–Kier alpha value is -3.95. The maximum absolute atomic E-state index is 12.3. The average Bonchev–Trinajstić information content (AvgIpc) is 2.89. The summed E-state index contributed by atoms with van der Waals surface area (Å²) in [5.41, 5.74) is 3.52. The number of rotatable bonds is 9. The normalized spacial score (nSPS) is 12.2. The Morgan fingerprint density at radius 1 is 1.05 bits per heavy atom. The van der Waals surface area contributed by atoms with Gasteiger partial charge in [0.2, 0.25) is 0 Å². The highest BCUT2D eigenvalue weighted by molar-refractivity contribution is 7.86. The van der Waals surface area contributed by atoms with Gasteiger partial charge in [0.1, 0.15) is 22.8 Å². The summed E-state index contributed by atoms with van der Waals surface area (Å²) >= 11 is 0. The smallest absolute Gasteiger partial charge is 0.333 e. The van der Waals surface area contributed by atoms with Gasteiger partial charge < -0.3 is 14.1 Å². The van der Waals surface area contributed by atoms with Gasteiger partial charge in [0.15, 0.2) is 0 Å². The van der Waals surface area contributed by atoms with E-state index in [0.717, 1.165) is 18.8 Å². The zero-order valence-corrected chi connectivity index (χ0v) is 22.4. The molecule has 0 spiro atoms. The number of nitrogens with zero attached hydrogens (tertiary/aromatic N) is 2. The number of ether oxygens (including phenoxy) is 1. The fraction of sp³-hybridized carbons (Fsp3) is 0.241. The molecule has 1 aliphatic heterocycles. The van der Waals surface area contributed by atoms with E-state index < -0.39 is 16.1 Å². The van der Waals surface area contributed by atoms with Crippen LogP contribution in [0.1, 0.15) is 20.8 Å². The van der Waals surface area contributed by atoms with Crippen molar-refractivity contribution in [2.75, 3.05) is 31.1 Å². The second-order valence-corrected chi connectivity index (χ2v) is 10.2. The minimum Gasteiger partial charge on any atom is -0.460 e. The lowest BCUT2D eigenvalue weighted by atomic mass is 9.93. The van der Waals surface area contributed by atoms with Gasteiger partial charge in [-0.05, 0) is 51.1 Å². The molecule has 9 heteroatoms. The van der Waals surface area contributed by atoms with Crippen molar-refractivity contribution in [3.05, 3.63) is 78.2 Å². The molecular formula is C29H30N2O6S. The number of fused-ring (bicyclic) bond motifs is 2. The molecule has 2 aliphatic rings. The van der Waals surface area contributed by atoms with Crippen molar-refractivity contribution in [3.8, 4) is 22.5 Å². The molecule has 0 fully saturated rings. The monoisotopic (exact) mass is 534 g/mol. The van der Waals surface area contributed by atoms with Gasteiger partial charge in [0.05, 0.1) is 11.9 Å². The minimum atomic E-state index is -4.49. The van der Waals surface area contributed by atoms with Crippen LogP contribution in [0.25, 0.3) is 33.4 Å². The maximum atomic E-state index is 12.3. The lowest BCUT2D eigenvalue weighted by Crippen LogP contribution is -2.21. The molecule has 0 bridgehead atoms. The van der Waals surface area contributed by atoms with E-state index in [1.807, 2.05) is 24.3 Å². The van der Waals surface area contributed by atoms with Crippen LogP contribution in [-0.4, -0.2) is 45.2 Å². The second kappa shape index (κ2) is 11.2. The first kappa shape index (κ1) is 27.1. The summed E-state index contributed by atoms with van der Waals surface area (Å²) in [5, 5.41) is 1.32. The van der Waals surface area contributed by atoms with E-state index in [1.54, 1.807) is 37.3 Å². The molecule has 0 atom stereocenters. The third kappa shape index (κ3) is 5.64. The Kier molecular flexibility index (Phi) is 7.99. The molecular weight excluding hydrogens is 504 g/mol. The third-order valence-corrected chi connectivity index (χ3v) is 7.13. The van der Waals surface area contributed by atoms with Crippen LogP contribution in [0.2, 0.25) is 0 Å². The largest absolute Gasteiger partial charge is 0.460 e. The van der Waals surface area contributed by atoms with Crippen molar-refractivity contribution < 1.29 is 26.9 Å².